The first kappa shape index (κ1) is 10.3. The molecule has 3 nitrogen and oxygen atoms in total. The number of para-hydroxylation sites is 1. The predicted octanol–water partition coefficient (Wildman–Crippen LogP) is 2.13. The molecule has 0 saturated heterocycles. The zero-order chi connectivity index (χ0) is 11.7. The summed E-state index contributed by atoms with van der Waals surface area (Å²) in [4.78, 5) is 3.97. The van der Waals surface area contributed by atoms with Crippen LogP contribution < -0.4 is 5.32 Å². The number of pyridine rings is 1. The highest BCUT2D eigenvalue weighted by Crippen LogP contribution is 2.33. The molecule has 0 spiro atoms. The Morgan fingerprint density at radius 1 is 1.18 bits per heavy atom. The highest BCUT2D eigenvalue weighted by atomic mass is 16.3. The Bertz CT molecular complexity index is 525. The SMILES string of the molecule is OC(c1ccncc1)c1cccc2c1NCC2. The van der Waals surface area contributed by atoms with Gasteiger partial charge < -0.3 is 10.4 Å². The van der Waals surface area contributed by atoms with E-state index in [0.717, 1.165) is 29.8 Å². The van der Waals surface area contributed by atoms with Crippen LogP contribution in [0.5, 0.6) is 0 Å². The first-order chi connectivity index (χ1) is 8.36. The molecule has 0 bridgehead atoms. The molecule has 0 aliphatic carbocycles. The van der Waals surface area contributed by atoms with Crippen molar-refractivity contribution in [1.82, 2.24) is 4.98 Å². The van der Waals surface area contributed by atoms with Crippen molar-refractivity contribution in [1.29, 1.82) is 0 Å². The fraction of sp³-hybridized carbons (Fsp3) is 0.214. The number of nitrogens with one attached hydrogen (secondary N) is 1. The molecule has 1 aromatic heterocycles. The first-order valence-electron chi connectivity index (χ1n) is 5.80. The smallest absolute Gasteiger partial charge is 0.106 e. The van der Waals surface area contributed by atoms with Crippen LogP contribution in [-0.4, -0.2) is 16.6 Å². The summed E-state index contributed by atoms with van der Waals surface area (Å²) in [6, 6.07) is 9.78. The Balaban J connectivity index is 2.03. The molecular weight excluding hydrogens is 212 g/mol. The minimum atomic E-state index is -0.585. The molecule has 3 heteroatoms. The molecule has 0 fully saturated rings. The first-order valence-corrected chi connectivity index (χ1v) is 5.80. The summed E-state index contributed by atoms with van der Waals surface area (Å²) in [7, 11) is 0. The van der Waals surface area contributed by atoms with Crippen molar-refractivity contribution in [3.63, 3.8) is 0 Å². The fourth-order valence-corrected chi connectivity index (χ4v) is 2.32. The Labute approximate surface area is 100 Å². The van der Waals surface area contributed by atoms with E-state index < -0.39 is 6.10 Å². The number of aromatic nitrogens is 1. The number of hydrogen-bond donors (Lipinski definition) is 2. The lowest BCUT2D eigenvalue weighted by molar-refractivity contribution is 0.221. The summed E-state index contributed by atoms with van der Waals surface area (Å²) in [5, 5.41) is 13.7. The number of hydrogen-bond acceptors (Lipinski definition) is 3. The van der Waals surface area contributed by atoms with E-state index in [4.69, 9.17) is 0 Å². The number of anilines is 1. The standard InChI is InChI=1S/C14H14N2O/c17-14(11-4-7-15-8-5-11)12-3-1-2-10-6-9-16-13(10)12/h1-5,7-8,14,16-17H,6,9H2. The highest BCUT2D eigenvalue weighted by Gasteiger charge is 2.19. The van der Waals surface area contributed by atoms with Crippen molar-refractivity contribution in [3.8, 4) is 0 Å². The number of nitrogens with zero attached hydrogens (tertiary/aromatic N) is 1. The van der Waals surface area contributed by atoms with Gasteiger partial charge in [-0.1, -0.05) is 18.2 Å². The van der Waals surface area contributed by atoms with Gasteiger partial charge in [0.1, 0.15) is 6.10 Å². The lowest BCUT2D eigenvalue weighted by atomic mass is 9.98. The van der Waals surface area contributed by atoms with Crippen molar-refractivity contribution >= 4 is 5.69 Å². The zero-order valence-corrected chi connectivity index (χ0v) is 9.43. The lowest BCUT2D eigenvalue weighted by Crippen LogP contribution is -2.03. The molecule has 17 heavy (non-hydrogen) atoms. The Kier molecular flexibility index (Phi) is 2.53. The van der Waals surface area contributed by atoms with Gasteiger partial charge in [-0.15, -0.1) is 0 Å². The minimum absolute atomic E-state index is 0.585. The second kappa shape index (κ2) is 4.18. The average molecular weight is 226 g/mol. The molecule has 2 N–H and O–H groups in total. The lowest BCUT2D eigenvalue weighted by Gasteiger charge is -2.15. The van der Waals surface area contributed by atoms with Crippen molar-refractivity contribution in [3.05, 3.63) is 59.4 Å². The second-order valence-electron chi connectivity index (χ2n) is 4.24. The molecule has 1 atom stereocenters. The molecule has 3 rings (SSSR count). The molecule has 1 aromatic carbocycles. The van der Waals surface area contributed by atoms with Gasteiger partial charge in [-0.3, -0.25) is 4.98 Å². The number of rotatable bonds is 2. The van der Waals surface area contributed by atoms with E-state index in [1.807, 2.05) is 24.3 Å². The van der Waals surface area contributed by atoms with Crippen LogP contribution in [0.2, 0.25) is 0 Å². The molecule has 2 heterocycles. The third-order valence-electron chi connectivity index (χ3n) is 3.20. The van der Waals surface area contributed by atoms with Gasteiger partial charge in [-0.05, 0) is 29.7 Å². The quantitative estimate of drug-likeness (QED) is 0.824. The third-order valence-corrected chi connectivity index (χ3v) is 3.20. The fourth-order valence-electron chi connectivity index (χ4n) is 2.32. The summed E-state index contributed by atoms with van der Waals surface area (Å²) in [5.41, 5.74) is 4.21. The van der Waals surface area contributed by atoms with Gasteiger partial charge in [0.2, 0.25) is 0 Å². The number of fused-ring (bicyclic) bond motifs is 1. The summed E-state index contributed by atoms with van der Waals surface area (Å²) in [5.74, 6) is 0. The van der Waals surface area contributed by atoms with Crippen LogP contribution in [0.1, 0.15) is 22.8 Å². The van der Waals surface area contributed by atoms with E-state index in [2.05, 4.69) is 16.4 Å². The van der Waals surface area contributed by atoms with E-state index in [1.54, 1.807) is 12.4 Å². The van der Waals surface area contributed by atoms with Crippen LogP contribution in [-0.2, 0) is 6.42 Å². The van der Waals surface area contributed by atoms with Gasteiger partial charge in [0, 0.05) is 30.2 Å². The van der Waals surface area contributed by atoms with Crippen molar-refractivity contribution in [2.75, 3.05) is 11.9 Å². The maximum absolute atomic E-state index is 10.4. The van der Waals surface area contributed by atoms with Crippen molar-refractivity contribution in [2.45, 2.75) is 12.5 Å². The van der Waals surface area contributed by atoms with E-state index in [9.17, 15) is 5.11 Å². The Morgan fingerprint density at radius 3 is 2.82 bits per heavy atom. The Hall–Kier alpha value is -1.87. The van der Waals surface area contributed by atoms with Crippen LogP contribution in [0.4, 0.5) is 5.69 Å². The summed E-state index contributed by atoms with van der Waals surface area (Å²) in [6.07, 6.45) is 3.86. The Morgan fingerprint density at radius 2 is 2.00 bits per heavy atom. The molecule has 86 valence electrons. The molecule has 0 amide bonds. The number of aliphatic hydroxyl groups is 1. The predicted molar refractivity (Wildman–Crippen MR) is 66.9 cm³/mol. The van der Waals surface area contributed by atoms with Crippen molar-refractivity contribution < 1.29 is 5.11 Å². The van der Waals surface area contributed by atoms with Crippen molar-refractivity contribution in [2.24, 2.45) is 0 Å². The molecule has 2 aromatic rings. The molecular formula is C14H14N2O. The normalized spacial score (nSPS) is 15.1. The average Bonchev–Trinajstić information content (AvgIpc) is 2.87. The monoisotopic (exact) mass is 226 g/mol. The summed E-state index contributed by atoms with van der Waals surface area (Å²) < 4.78 is 0. The third kappa shape index (κ3) is 1.78. The largest absolute Gasteiger partial charge is 0.384 e. The number of benzene rings is 1. The van der Waals surface area contributed by atoms with Gasteiger partial charge in [0.05, 0.1) is 0 Å². The topological polar surface area (TPSA) is 45.2 Å². The van der Waals surface area contributed by atoms with Crippen LogP contribution in [0, 0.1) is 0 Å². The van der Waals surface area contributed by atoms with E-state index >= 15 is 0 Å². The summed E-state index contributed by atoms with van der Waals surface area (Å²) in [6.45, 7) is 0.954. The van der Waals surface area contributed by atoms with E-state index in [0.29, 0.717) is 0 Å². The van der Waals surface area contributed by atoms with Crippen LogP contribution in [0.15, 0.2) is 42.7 Å². The van der Waals surface area contributed by atoms with Gasteiger partial charge >= 0.3 is 0 Å². The molecule has 0 saturated carbocycles. The van der Waals surface area contributed by atoms with Crippen LogP contribution in [0.25, 0.3) is 0 Å². The second-order valence-corrected chi connectivity index (χ2v) is 4.24. The van der Waals surface area contributed by atoms with E-state index in [-0.39, 0.29) is 0 Å². The number of aliphatic hydroxyl groups excluding tert-OH is 1. The van der Waals surface area contributed by atoms with Gasteiger partial charge in [-0.25, -0.2) is 0 Å². The maximum atomic E-state index is 10.4. The summed E-state index contributed by atoms with van der Waals surface area (Å²) >= 11 is 0. The molecule has 0 radical (unpaired) electrons. The van der Waals surface area contributed by atoms with Gasteiger partial charge in [0.25, 0.3) is 0 Å². The maximum Gasteiger partial charge on any atom is 0.106 e. The molecule has 1 aliphatic rings. The van der Waals surface area contributed by atoms with Crippen LogP contribution >= 0.6 is 0 Å². The molecule has 1 unspecified atom stereocenters. The minimum Gasteiger partial charge on any atom is -0.384 e. The zero-order valence-electron chi connectivity index (χ0n) is 9.43. The van der Waals surface area contributed by atoms with Gasteiger partial charge in [-0.2, -0.15) is 0 Å². The van der Waals surface area contributed by atoms with E-state index in [1.165, 1.54) is 5.56 Å². The highest BCUT2D eigenvalue weighted by molar-refractivity contribution is 5.63. The van der Waals surface area contributed by atoms with Gasteiger partial charge in [0.15, 0.2) is 0 Å². The molecule has 1 aliphatic heterocycles. The van der Waals surface area contributed by atoms with Crippen LogP contribution in [0.3, 0.4) is 0 Å².